The van der Waals surface area contributed by atoms with Crippen molar-refractivity contribution < 1.29 is 4.74 Å². The van der Waals surface area contributed by atoms with Crippen molar-refractivity contribution in [1.82, 2.24) is 9.97 Å². The van der Waals surface area contributed by atoms with E-state index in [-0.39, 0.29) is 5.56 Å². The van der Waals surface area contributed by atoms with Crippen molar-refractivity contribution >= 4 is 28.4 Å². The van der Waals surface area contributed by atoms with Crippen LogP contribution in [0.1, 0.15) is 6.92 Å². The van der Waals surface area contributed by atoms with Gasteiger partial charge in [0.1, 0.15) is 9.39 Å². The minimum atomic E-state index is -0.108. The Bertz CT molecular complexity index is 367. The van der Waals surface area contributed by atoms with Gasteiger partial charge in [0.15, 0.2) is 0 Å². The first-order valence-corrected chi connectivity index (χ1v) is 5.76. The standard InChI is InChI=1S/C9H14IN3O2/c1-3-15-5-4-13(2)8-7(10)9(14)12-6-11-8/h6H,3-5H2,1-2H3,(H,11,12,14). The maximum atomic E-state index is 11.3. The fourth-order valence-electron chi connectivity index (χ4n) is 1.09. The third-order valence-electron chi connectivity index (χ3n) is 1.91. The summed E-state index contributed by atoms with van der Waals surface area (Å²) in [4.78, 5) is 19.9. The molecule has 0 saturated heterocycles. The molecule has 0 bridgehead atoms. The van der Waals surface area contributed by atoms with Gasteiger partial charge in [0.2, 0.25) is 0 Å². The molecule has 0 saturated carbocycles. The lowest BCUT2D eigenvalue weighted by Gasteiger charge is -2.18. The molecule has 0 radical (unpaired) electrons. The number of nitrogens with zero attached hydrogens (tertiary/aromatic N) is 2. The molecule has 0 aliphatic heterocycles. The zero-order chi connectivity index (χ0) is 11.3. The maximum absolute atomic E-state index is 11.3. The predicted molar refractivity (Wildman–Crippen MR) is 67.3 cm³/mol. The Balaban J connectivity index is 2.69. The summed E-state index contributed by atoms with van der Waals surface area (Å²) in [7, 11) is 1.89. The number of halogens is 1. The van der Waals surface area contributed by atoms with Gasteiger partial charge in [-0.1, -0.05) is 0 Å². The van der Waals surface area contributed by atoms with Gasteiger partial charge in [-0.2, -0.15) is 0 Å². The van der Waals surface area contributed by atoms with Crippen LogP contribution in [0.2, 0.25) is 0 Å². The lowest BCUT2D eigenvalue weighted by Crippen LogP contribution is -2.27. The van der Waals surface area contributed by atoms with E-state index in [2.05, 4.69) is 9.97 Å². The molecule has 0 fully saturated rings. The molecule has 6 heteroatoms. The smallest absolute Gasteiger partial charge is 0.266 e. The first kappa shape index (κ1) is 12.4. The third kappa shape index (κ3) is 3.45. The first-order valence-electron chi connectivity index (χ1n) is 4.69. The summed E-state index contributed by atoms with van der Waals surface area (Å²) >= 11 is 1.99. The van der Waals surface area contributed by atoms with Crippen LogP contribution in [0.4, 0.5) is 5.82 Å². The minimum absolute atomic E-state index is 0.108. The monoisotopic (exact) mass is 323 g/mol. The summed E-state index contributed by atoms with van der Waals surface area (Å²) in [6, 6.07) is 0. The summed E-state index contributed by atoms with van der Waals surface area (Å²) in [5.41, 5.74) is -0.108. The quantitative estimate of drug-likeness (QED) is 0.645. The van der Waals surface area contributed by atoms with Gasteiger partial charge in [-0.15, -0.1) is 0 Å². The molecule has 0 atom stereocenters. The molecule has 0 aromatic carbocycles. The van der Waals surface area contributed by atoms with E-state index >= 15 is 0 Å². The van der Waals surface area contributed by atoms with E-state index in [0.29, 0.717) is 22.6 Å². The molecule has 1 heterocycles. The molecule has 0 amide bonds. The highest BCUT2D eigenvalue weighted by molar-refractivity contribution is 14.1. The van der Waals surface area contributed by atoms with Crippen molar-refractivity contribution in [3.05, 3.63) is 20.3 Å². The van der Waals surface area contributed by atoms with E-state index in [0.717, 1.165) is 6.54 Å². The van der Waals surface area contributed by atoms with E-state index < -0.39 is 0 Å². The highest BCUT2D eigenvalue weighted by Crippen LogP contribution is 2.12. The summed E-state index contributed by atoms with van der Waals surface area (Å²) in [5, 5.41) is 0. The first-order chi connectivity index (χ1) is 7.16. The Kier molecular flexibility index (Phi) is 5.03. The minimum Gasteiger partial charge on any atom is -0.380 e. The van der Waals surface area contributed by atoms with Gasteiger partial charge in [0, 0.05) is 20.2 Å². The molecule has 15 heavy (non-hydrogen) atoms. The van der Waals surface area contributed by atoms with E-state index in [1.165, 1.54) is 6.33 Å². The number of nitrogens with one attached hydrogen (secondary N) is 1. The number of aromatic nitrogens is 2. The fourth-order valence-corrected chi connectivity index (χ4v) is 1.80. The van der Waals surface area contributed by atoms with Crippen LogP contribution in [-0.2, 0) is 4.74 Å². The van der Waals surface area contributed by atoms with E-state index in [1.807, 2.05) is 41.5 Å². The molecule has 1 aromatic rings. The maximum Gasteiger partial charge on any atom is 0.266 e. The highest BCUT2D eigenvalue weighted by Gasteiger charge is 2.09. The van der Waals surface area contributed by atoms with E-state index in [4.69, 9.17) is 4.74 Å². The Labute approximate surface area is 102 Å². The van der Waals surface area contributed by atoms with Crippen LogP contribution < -0.4 is 10.5 Å². The molecule has 5 nitrogen and oxygen atoms in total. The van der Waals surface area contributed by atoms with Crippen LogP contribution in [0.15, 0.2) is 11.1 Å². The molecular weight excluding hydrogens is 309 g/mol. The fraction of sp³-hybridized carbons (Fsp3) is 0.556. The topological polar surface area (TPSA) is 58.2 Å². The van der Waals surface area contributed by atoms with Crippen LogP contribution in [0, 0.1) is 3.57 Å². The zero-order valence-electron chi connectivity index (χ0n) is 8.79. The van der Waals surface area contributed by atoms with Gasteiger partial charge in [-0.25, -0.2) is 4.98 Å². The van der Waals surface area contributed by atoms with Gasteiger partial charge in [-0.3, -0.25) is 4.79 Å². The molecule has 84 valence electrons. The molecule has 0 aliphatic carbocycles. The number of likely N-dealkylation sites (N-methyl/N-ethyl adjacent to an activating group) is 1. The molecule has 1 aromatic heterocycles. The number of H-pyrrole nitrogens is 1. The second-order valence-electron chi connectivity index (χ2n) is 2.99. The number of hydrogen-bond acceptors (Lipinski definition) is 4. The zero-order valence-corrected chi connectivity index (χ0v) is 10.9. The van der Waals surface area contributed by atoms with Crippen molar-refractivity contribution in [1.29, 1.82) is 0 Å². The van der Waals surface area contributed by atoms with Gasteiger partial charge < -0.3 is 14.6 Å². The average molecular weight is 323 g/mol. The Morgan fingerprint density at radius 3 is 3.07 bits per heavy atom. The number of aromatic amines is 1. The predicted octanol–water partition coefficient (Wildman–Crippen LogP) is 0.847. The molecule has 1 N–H and O–H groups in total. The van der Waals surface area contributed by atoms with Crippen LogP contribution in [0.3, 0.4) is 0 Å². The molecule has 0 unspecified atom stereocenters. The Hall–Kier alpha value is -0.630. The Morgan fingerprint density at radius 2 is 2.40 bits per heavy atom. The normalized spacial score (nSPS) is 10.3. The van der Waals surface area contributed by atoms with Crippen LogP contribution in [0.25, 0.3) is 0 Å². The van der Waals surface area contributed by atoms with E-state index in [1.54, 1.807) is 0 Å². The lowest BCUT2D eigenvalue weighted by atomic mass is 10.5. The molecule has 1 rings (SSSR count). The van der Waals surface area contributed by atoms with Crippen molar-refractivity contribution in [3.8, 4) is 0 Å². The summed E-state index contributed by atoms with van der Waals surface area (Å²) in [6.07, 6.45) is 1.41. The number of rotatable bonds is 5. The number of hydrogen-bond donors (Lipinski definition) is 1. The third-order valence-corrected chi connectivity index (χ3v) is 2.89. The SMILES string of the molecule is CCOCCN(C)c1nc[nH]c(=O)c1I. The van der Waals surface area contributed by atoms with Crippen LogP contribution >= 0.6 is 22.6 Å². The summed E-state index contributed by atoms with van der Waals surface area (Å²) < 4.78 is 5.84. The van der Waals surface area contributed by atoms with Crippen molar-refractivity contribution in [2.45, 2.75) is 6.92 Å². The van der Waals surface area contributed by atoms with Crippen molar-refractivity contribution in [2.75, 3.05) is 31.7 Å². The van der Waals surface area contributed by atoms with Gasteiger partial charge in [0.25, 0.3) is 5.56 Å². The van der Waals surface area contributed by atoms with Crippen molar-refractivity contribution in [2.24, 2.45) is 0 Å². The molecular formula is C9H14IN3O2. The second kappa shape index (κ2) is 6.06. The lowest BCUT2D eigenvalue weighted by molar-refractivity contribution is 0.154. The largest absolute Gasteiger partial charge is 0.380 e. The van der Waals surface area contributed by atoms with Crippen LogP contribution in [-0.4, -0.2) is 36.8 Å². The average Bonchev–Trinajstić information content (AvgIpc) is 2.22. The van der Waals surface area contributed by atoms with Gasteiger partial charge >= 0.3 is 0 Å². The second-order valence-corrected chi connectivity index (χ2v) is 4.07. The van der Waals surface area contributed by atoms with Gasteiger partial charge in [-0.05, 0) is 29.5 Å². The van der Waals surface area contributed by atoms with Gasteiger partial charge in [0.05, 0.1) is 12.9 Å². The highest BCUT2D eigenvalue weighted by atomic mass is 127. The molecule has 0 spiro atoms. The summed E-state index contributed by atoms with van der Waals surface area (Å²) in [5.74, 6) is 0.694. The van der Waals surface area contributed by atoms with Crippen molar-refractivity contribution in [3.63, 3.8) is 0 Å². The van der Waals surface area contributed by atoms with Crippen LogP contribution in [0.5, 0.6) is 0 Å². The van der Waals surface area contributed by atoms with E-state index in [9.17, 15) is 4.79 Å². The Morgan fingerprint density at radius 1 is 1.67 bits per heavy atom. The molecule has 0 aliphatic rings. The number of ether oxygens (including phenoxy) is 1. The summed E-state index contributed by atoms with van der Waals surface area (Å²) in [6.45, 7) is 4.01. The number of anilines is 1.